The lowest BCUT2D eigenvalue weighted by atomic mass is 10.1. The van der Waals surface area contributed by atoms with Crippen LogP contribution in [0.1, 0.15) is 12.8 Å². The second-order valence-electron chi connectivity index (χ2n) is 7.21. The van der Waals surface area contributed by atoms with Crippen molar-refractivity contribution >= 4 is 27.5 Å². The van der Waals surface area contributed by atoms with Gasteiger partial charge in [0.15, 0.2) is 6.10 Å². The molecule has 1 amide bonds. The highest BCUT2D eigenvalue weighted by Gasteiger charge is 2.39. The maximum atomic E-state index is 12.7. The zero-order valence-corrected chi connectivity index (χ0v) is 18.2. The van der Waals surface area contributed by atoms with E-state index in [0.29, 0.717) is 42.4 Å². The van der Waals surface area contributed by atoms with Gasteiger partial charge in [0, 0.05) is 19.1 Å². The molecule has 1 unspecified atom stereocenters. The Kier molecular flexibility index (Phi) is 6.16. The molecule has 0 saturated carbocycles. The maximum Gasteiger partial charge on any atom is 0.410 e. The van der Waals surface area contributed by atoms with Gasteiger partial charge in [0.2, 0.25) is 0 Å². The molecule has 2 aliphatic heterocycles. The average molecular weight is 453 g/mol. The molecular formula is C20H24N2O6S2. The fourth-order valence-electron chi connectivity index (χ4n) is 3.72. The molecule has 0 spiro atoms. The van der Waals surface area contributed by atoms with E-state index in [0.717, 1.165) is 5.75 Å². The number of amides is 1. The van der Waals surface area contributed by atoms with Gasteiger partial charge in [-0.1, -0.05) is 6.07 Å². The molecule has 1 aromatic heterocycles. The van der Waals surface area contributed by atoms with Crippen LogP contribution >= 0.6 is 11.3 Å². The summed E-state index contributed by atoms with van der Waals surface area (Å²) in [6.07, 6.45) is 0.461. The number of hydrogen-bond donors (Lipinski definition) is 0. The van der Waals surface area contributed by atoms with Crippen LogP contribution < -0.4 is 9.47 Å². The first kappa shape index (κ1) is 21.0. The summed E-state index contributed by atoms with van der Waals surface area (Å²) in [5, 5.41) is 1.76. The third-order valence-electron chi connectivity index (χ3n) is 5.35. The summed E-state index contributed by atoms with van der Waals surface area (Å²) in [6.45, 7) is 1.49. The summed E-state index contributed by atoms with van der Waals surface area (Å²) in [4.78, 5) is 14.1. The number of piperidine rings is 1. The summed E-state index contributed by atoms with van der Waals surface area (Å²) in [5.41, 5.74) is 0. The van der Waals surface area contributed by atoms with Gasteiger partial charge >= 0.3 is 6.09 Å². The number of hydrogen-bond acceptors (Lipinski definition) is 7. The van der Waals surface area contributed by atoms with Crippen LogP contribution in [0.5, 0.6) is 11.5 Å². The molecule has 30 heavy (non-hydrogen) atoms. The lowest BCUT2D eigenvalue weighted by Crippen LogP contribution is -2.47. The van der Waals surface area contributed by atoms with Crippen molar-refractivity contribution in [1.29, 1.82) is 0 Å². The number of cyclic esters (lactones) is 1. The smallest absolute Gasteiger partial charge is 0.410 e. The summed E-state index contributed by atoms with van der Waals surface area (Å²) in [6, 6.07) is 10.5. The van der Waals surface area contributed by atoms with Gasteiger partial charge < -0.3 is 19.1 Å². The number of sulfonamides is 1. The molecular weight excluding hydrogens is 428 g/mol. The molecule has 0 bridgehead atoms. The minimum absolute atomic E-state index is 0.0294. The highest BCUT2D eigenvalue weighted by atomic mass is 32.2. The fraction of sp³-hybridized carbons (Fsp3) is 0.450. The van der Waals surface area contributed by atoms with Crippen LogP contribution in [0.4, 0.5) is 4.79 Å². The van der Waals surface area contributed by atoms with E-state index in [4.69, 9.17) is 14.2 Å². The number of ether oxygens (including phenoxy) is 3. The molecule has 1 atom stereocenters. The van der Waals surface area contributed by atoms with Gasteiger partial charge in [-0.05, 0) is 48.6 Å². The van der Waals surface area contributed by atoms with Crippen molar-refractivity contribution in [2.24, 2.45) is 0 Å². The van der Waals surface area contributed by atoms with E-state index in [-0.39, 0.29) is 24.8 Å². The van der Waals surface area contributed by atoms with Gasteiger partial charge in [-0.3, -0.25) is 0 Å². The van der Waals surface area contributed by atoms with Crippen molar-refractivity contribution in [2.75, 3.05) is 33.4 Å². The average Bonchev–Trinajstić information content (AvgIpc) is 3.43. The Hall–Kier alpha value is -2.30. The van der Waals surface area contributed by atoms with E-state index < -0.39 is 10.0 Å². The summed E-state index contributed by atoms with van der Waals surface area (Å²) in [7, 11) is -1.84. The topological polar surface area (TPSA) is 85.4 Å². The Morgan fingerprint density at radius 3 is 2.47 bits per heavy atom. The van der Waals surface area contributed by atoms with E-state index >= 15 is 0 Å². The number of rotatable bonds is 7. The second-order valence-corrected chi connectivity index (χ2v) is 10.3. The first-order valence-electron chi connectivity index (χ1n) is 9.75. The van der Waals surface area contributed by atoms with Crippen molar-refractivity contribution in [3.8, 4) is 11.5 Å². The summed E-state index contributed by atoms with van der Waals surface area (Å²) >= 11 is 1.22. The first-order chi connectivity index (χ1) is 14.5. The van der Waals surface area contributed by atoms with Crippen LogP contribution in [0.25, 0.3) is 0 Å². The minimum atomic E-state index is -3.45. The third-order valence-corrected chi connectivity index (χ3v) is 8.62. The normalized spacial score (nSPS) is 20.9. The molecule has 2 aromatic rings. The third kappa shape index (κ3) is 4.40. The standard InChI is InChI=1S/C20H24N2O6S2/c1-26-16-4-6-17(7-5-16)27-14-18-13-22(20(23)28-18)15-8-10-21(11-9-15)30(24,25)19-3-2-12-29-19/h2-7,12,15,18H,8-11,13-14H2,1H3. The largest absolute Gasteiger partial charge is 0.497 e. The van der Waals surface area contributed by atoms with E-state index in [2.05, 4.69) is 0 Å². The van der Waals surface area contributed by atoms with E-state index in [1.54, 1.807) is 53.8 Å². The molecule has 2 aliphatic rings. The number of benzene rings is 1. The lowest BCUT2D eigenvalue weighted by Gasteiger charge is -2.34. The van der Waals surface area contributed by atoms with Crippen LogP contribution in [0, 0.1) is 0 Å². The minimum Gasteiger partial charge on any atom is -0.497 e. The van der Waals surface area contributed by atoms with Gasteiger partial charge in [-0.2, -0.15) is 4.31 Å². The zero-order chi connectivity index (χ0) is 21.1. The molecule has 3 heterocycles. The first-order valence-corrected chi connectivity index (χ1v) is 12.1. The number of nitrogens with zero attached hydrogens (tertiary/aromatic N) is 2. The molecule has 0 radical (unpaired) electrons. The number of carbonyl (C=O) groups is 1. The number of carbonyl (C=O) groups excluding carboxylic acids is 1. The maximum absolute atomic E-state index is 12.7. The summed E-state index contributed by atoms with van der Waals surface area (Å²) in [5.74, 6) is 1.42. The lowest BCUT2D eigenvalue weighted by molar-refractivity contribution is 0.0999. The molecule has 2 saturated heterocycles. The monoisotopic (exact) mass is 452 g/mol. The Labute approximate surface area is 180 Å². The molecule has 10 heteroatoms. The quantitative estimate of drug-likeness (QED) is 0.642. The predicted molar refractivity (Wildman–Crippen MR) is 112 cm³/mol. The van der Waals surface area contributed by atoms with Crippen molar-refractivity contribution in [3.63, 3.8) is 0 Å². The molecule has 8 nitrogen and oxygen atoms in total. The van der Waals surface area contributed by atoms with E-state index in [9.17, 15) is 13.2 Å². The number of thiophene rings is 1. The van der Waals surface area contributed by atoms with Crippen molar-refractivity contribution in [2.45, 2.75) is 29.2 Å². The molecule has 1 aromatic carbocycles. The van der Waals surface area contributed by atoms with Gasteiger partial charge in [-0.25, -0.2) is 13.2 Å². The molecule has 4 rings (SSSR count). The Balaban J connectivity index is 1.28. The fourth-order valence-corrected chi connectivity index (χ4v) is 6.33. The van der Waals surface area contributed by atoms with Crippen LogP contribution in [0.2, 0.25) is 0 Å². The SMILES string of the molecule is COc1ccc(OCC2CN(C3CCN(S(=O)(=O)c4cccs4)CC3)C(=O)O2)cc1. The van der Waals surface area contributed by atoms with Crippen molar-refractivity contribution in [3.05, 3.63) is 41.8 Å². The van der Waals surface area contributed by atoms with Crippen LogP contribution in [0.15, 0.2) is 46.0 Å². The van der Waals surface area contributed by atoms with Crippen molar-refractivity contribution in [1.82, 2.24) is 9.21 Å². The predicted octanol–water partition coefficient (Wildman–Crippen LogP) is 2.81. The molecule has 162 valence electrons. The van der Waals surface area contributed by atoms with Gasteiger partial charge in [0.05, 0.1) is 13.7 Å². The highest BCUT2D eigenvalue weighted by molar-refractivity contribution is 7.91. The molecule has 0 N–H and O–H groups in total. The van der Waals surface area contributed by atoms with Gasteiger partial charge in [0.25, 0.3) is 10.0 Å². The molecule has 2 fully saturated rings. The van der Waals surface area contributed by atoms with Crippen LogP contribution in [-0.4, -0.2) is 69.2 Å². The van der Waals surface area contributed by atoms with E-state index in [1.165, 1.54) is 15.6 Å². The molecule has 0 aliphatic carbocycles. The van der Waals surface area contributed by atoms with Crippen molar-refractivity contribution < 1.29 is 27.4 Å². The van der Waals surface area contributed by atoms with Gasteiger partial charge in [0.1, 0.15) is 22.3 Å². The second kappa shape index (κ2) is 8.83. The Bertz CT molecular complexity index is 954. The highest BCUT2D eigenvalue weighted by Crippen LogP contribution is 2.28. The Morgan fingerprint density at radius 1 is 1.13 bits per heavy atom. The number of methoxy groups -OCH3 is 1. The van der Waals surface area contributed by atoms with E-state index in [1.807, 2.05) is 0 Å². The summed E-state index contributed by atoms with van der Waals surface area (Å²) < 4.78 is 43.5. The van der Waals surface area contributed by atoms with Crippen LogP contribution in [-0.2, 0) is 14.8 Å². The Morgan fingerprint density at radius 2 is 1.83 bits per heavy atom. The van der Waals surface area contributed by atoms with Gasteiger partial charge in [-0.15, -0.1) is 11.3 Å². The van der Waals surface area contributed by atoms with Crippen LogP contribution in [0.3, 0.4) is 0 Å². The zero-order valence-electron chi connectivity index (χ0n) is 16.6.